The Morgan fingerprint density at radius 2 is 2.38 bits per heavy atom. The Bertz CT molecular complexity index is 336. The Morgan fingerprint density at radius 3 is 3.12 bits per heavy atom. The lowest BCUT2D eigenvalue weighted by Gasteiger charge is -2.21. The van der Waals surface area contributed by atoms with Gasteiger partial charge in [-0.1, -0.05) is 13.8 Å². The van der Waals surface area contributed by atoms with Crippen molar-refractivity contribution in [3.63, 3.8) is 0 Å². The third-order valence-electron chi connectivity index (χ3n) is 2.88. The third-order valence-corrected chi connectivity index (χ3v) is 5.08. The monoisotopic (exact) mass is 256 g/mol. The van der Waals surface area contributed by atoms with Gasteiger partial charge in [0.2, 0.25) is 0 Å². The maximum atomic E-state index is 4.82. The molecule has 1 unspecified atom stereocenters. The van der Waals surface area contributed by atoms with E-state index in [0.29, 0.717) is 6.04 Å². The summed E-state index contributed by atoms with van der Waals surface area (Å²) in [4.78, 5) is 6.35. The van der Waals surface area contributed by atoms with Gasteiger partial charge in [-0.25, -0.2) is 4.98 Å². The summed E-state index contributed by atoms with van der Waals surface area (Å²) in [5, 5.41) is 4.87. The lowest BCUT2D eigenvalue weighted by Crippen LogP contribution is -2.24. The first-order valence-electron chi connectivity index (χ1n) is 6.14. The lowest BCUT2D eigenvalue weighted by molar-refractivity contribution is 0.465. The smallest absolute Gasteiger partial charge is 0.103 e. The standard InChI is InChI=1S/C12H20N2S2/c1-3-13-9-6-5-7-10-12(9)14-11(16-10)8-15-4-2/h9,13H,3-8H2,1-2H3. The van der Waals surface area contributed by atoms with Crippen molar-refractivity contribution in [1.82, 2.24) is 10.3 Å². The van der Waals surface area contributed by atoms with Gasteiger partial charge in [0.05, 0.1) is 11.7 Å². The molecule has 0 bridgehead atoms. The average molecular weight is 256 g/mol. The Labute approximate surface area is 106 Å². The number of aryl methyl sites for hydroxylation is 1. The van der Waals surface area contributed by atoms with Crippen LogP contribution in [-0.4, -0.2) is 17.3 Å². The summed E-state index contributed by atoms with van der Waals surface area (Å²) in [6.45, 7) is 5.43. The molecule has 0 radical (unpaired) electrons. The molecular weight excluding hydrogens is 236 g/mol. The van der Waals surface area contributed by atoms with Gasteiger partial charge in [0.15, 0.2) is 0 Å². The first-order valence-corrected chi connectivity index (χ1v) is 8.11. The minimum absolute atomic E-state index is 0.519. The summed E-state index contributed by atoms with van der Waals surface area (Å²) in [7, 11) is 0. The second-order valence-electron chi connectivity index (χ2n) is 4.06. The highest BCUT2D eigenvalue weighted by Crippen LogP contribution is 2.34. The molecule has 1 aliphatic rings. The van der Waals surface area contributed by atoms with E-state index >= 15 is 0 Å². The van der Waals surface area contributed by atoms with E-state index in [4.69, 9.17) is 4.98 Å². The van der Waals surface area contributed by atoms with Crippen molar-refractivity contribution < 1.29 is 0 Å². The first kappa shape index (κ1) is 12.4. The number of hydrogen-bond donors (Lipinski definition) is 1. The van der Waals surface area contributed by atoms with Crippen LogP contribution < -0.4 is 5.32 Å². The fraction of sp³-hybridized carbons (Fsp3) is 0.750. The van der Waals surface area contributed by atoms with E-state index in [9.17, 15) is 0 Å². The Hall–Kier alpha value is -0.0600. The van der Waals surface area contributed by atoms with E-state index in [1.54, 1.807) is 0 Å². The molecule has 1 heterocycles. The van der Waals surface area contributed by atoms with Gasteiger partial charge in [-0.05, 0) is 31.6 Å². The van der Waals surface area contributed by atoms with Crippen LogP contribution in [0.1, 0.15) is 48.3 Å². The first-order chi connectivity index (χ1) is 7.85. The van der Waals surface area contributed by atoms with Crippen molar-refractivity contribution in [2.24, 2.45) is 0 Å². The van der Waals surface area contributed by atoms with Crippen molar-refractivity contribution in [2.75, 3.05) is 12.3 Å². The molecule has 1 aromatic rings. The van der Waals surface area contributed by atoms with Crippen molar-refractivity contribution in [1.29, 1.82) is 0 Å². The van der Waals surface area contributed by atoms with Crippen LogP contribution in [0.2, 0.25) is 0 Å². The van der Waals surface area contributed by atoms with Crippen LogP contribution in [0.4, 0.5) is 0 Å². The molecule has 1 aromatic heterocycles. The van der Waals surface area contributed by atoms with E-state index < -0.39 is 0 Å². The van der Waals surface area contributed by atoms with Gasteiger partial charge in [0, 0.05) is 10.6 Å². The van der Waals surface area contributed by atoms with Gasteiger partial charge in [-0.15, -0.1) is 11.3 Å². The number of nitrogens with one attached hydrogen (secondary N) is 1. The molecule has 2 nitrogen and oxygen atoms in total. The molecule has 0 aliphatic heterocycles. The predicted octanol–water partition coefficient (Wildman–Crippen LogP) is 3.38. The zero-order valence-electron chi connectivity index (χ0n) is 10.1. The van der Waals surface area contributed by atoms with Crippen LogP contribution in [0.15, 0.2) is 0 Å². The van der Waals surface area contributed by atoms with Crippen LogP contribution in [0.5, 0.6) is 0 Å². The zero-order valence-corrected chi connectivity index (χ0v) is 11.7. The fourth-order valence-corrected chi connectivity index (χ4v) is 4.06. The third kappa shape index (κ3) is 2.79. The van der Waals surface area contributed by atoms with Crippen molar-refractivity contribution >= 4 is 23.1 Å². The molecule has 0 saturated carbocycles. The number of rotatable bonds is 5. The second kappa shape index (κ2) is 6.03. The van der Waals surface area contributed by atoms with Crippen molar-refractivity contribution in [3.05, 3.63) is 15.6 Å². The molecule has 1 N–H and O–H groups in total. The average Bonchev–Trinajstić information content (AvgIpc) is 2.70. The number of thioether (sulfide) groups is 1. The van der Waals surface area contributed by atoms with E-state index in [0.717, 1.165) is 12.3 Å². The number of fused-ring (bicyclic) bond motifs is 1. The summed E-state index contributed by atoms with van der Waals surface area (Å²) in [5.74, 6) is 2.27. The summed E-state index contributed by atoms with van der Waals surface area (Å²) in [5.41, 5.74) is 1.35. The van der Waals surface area contributed by atoms with Gasteiger partial charge in [0.1, 0.15) is 5.01 Å². The molecule has 90 valence electrons. The molecule has 0 saturated heterocycles. The van der Waals surface area contributed by atoms with E-state index in [-0.39, 0.29) is 0 Å². The zero-order chi connectivity index (χ0) is 11.4. The second-order valence-corrected chi connectivity index (χ2v) is 6.50. The molecular formula is C12H20N2S2. The summed E-state index contributed by atoms with van der Waals surface area (Å²) < 4.78 is 0. The molecule has 0 amide bonds. The largest absolute Gasteiger partial charge is 0.309 e. The van der Waals surface area contributed by atoms with Gasteiger partial charge >= 0.3 is 0 Å². The van der Waals surface area contributed by atoms with Crippen LogP contribution in [0.3, 0.4) is 0 Å². The minimum atomic E-state index is 0.519. The van der Waals surface area contributed by atoms with Crippen LogP contribution in [0, 0.1) is 0 Å². The van der Waals surface area contributed by atoms with Crippen molar-refractivity contribution in [3.8, 4) is 0 Å². The molecule has 16 heavy (non-hydrogen) atoms. The summed E-state index contributed by atoms with van der Waals surface area (Å²) in [6.07, 6.45) is 3.81. The lowest BCUT2D eigenvalue weighted by atomic mass is 9.98. The van der Waals surface area contributed by atoms with Crippen LogP contribution in [0.25, 0.3) is 0 Å². The number of hydrogen-bond acceptors (Lipinski definition) is 4. The number of aromatic nitrogens is 1. The van der Waals surface area contributed by atoms with E-state index in [2.05, 4.69) is 19.2 Å². The normalized spacial score (nSPS) is 19.8. The molecule has 0 spiro atoms. The van der Waals surface area contributed by atoms with Gasteiger partial charge in [0.25, 0.3) is 0 Å². The van der Waals surface area contributed by atoms with Gasteiger partial charge in [-0.2, -0.15) is 11.8 Å². The molecule has 1 aliphatic carbocycles. The highest BCUT2D eigenvalue weighted by Gasteiger charge is 2.23. The summed E-state index contributed by atoms with van der Waals surface area (Å²) in [6, 6.07) is 0.519. The number of thiazole rings is 1. The molecule has 0 aromatic carbocycles. The molecule has 0 fully saturated rings. The summed E-state index contributed by atoms with van der Waals surface area (Å²) >= 11 is 3.90. The Morgan fingerprint density at radius 1 is 1.50 bits per heavy atom. The minimum Gasteiger partial charge on any atom is -0.309 e. The molecule has 1 atom stereocenters. The molecule has 4 heteroatoms. The maximum Gasteiger partial charge on any atom is 0.103 e. The maximum absolute atomic E-state index is 4.82. The quantitative estimate of drug-likeness (QED) is 0.874. The van der Waals surface area contributed by atoms with Crippen LogP contribution >= 0.6 is 23.1 Å². The fourth-order valence-electron chi connectivity index (χ4n) is 2.17. The van der Waals surface area contributed by atoms with Crippen molar-refractivity contribution in [2.45, 2.75) is 44.9 Å². The van der Waals surface area contributed by atoms with Crippen LogP contribution in [-0.2, 0) is 12.2 Å². The van der Waals surface area contributed by atoms with Gasteiger partial charge < -0.3 is 5.32 Å². The SMILES string of the molecule is CCNC1CCCc2sc(CSCC)nc21. The number of nitrogens with zero attached hydrogens (tertiary/aromatic N) is 1. The van der Waals surface area contributed by atoms with E-state index in [1.807, 2.05) is 23.1 Å². The predicted molar refractivity (Wildman–Crippen MR) is 73.3 cm³/mol. The molecule has 2 rings (SSSR count). The van der Waals surface area contributed by atoms with Gasteiger partial charge in [-0.3, -0.25) is 0 Å². The topological polar surface area (TPSA) is 24.9 Å². The Balaban J connectivity index is 2.10. The highest BCUT2D eigenvalue weighted by molar-refractivity contribution is 7.98. The van der Waals surface area contributed by atoms with E-state index in [1.165, 1.54) is 40.6 Å². The highest BCUT2D eigenvalue weighted by atomic mass is 32.2. The Kier molecular flexibility index (Phi) is 4.67.